The minimum atomic E-state index is 0.658. The molecule has 0 atom stereocenters. The molecular weight excluding hydrogens is 238 g/mol. The Morgan fingerprint density at radius 1 is 1.00 bits per heavy atom. The van der Waals surface area contributed by atoms with Crippen LogP contribution in [0.15, 0.2) is 30.6 Å². The number of hydrogen-bond acceptors (Lipinski definition) is 5. The Bertz CT molecular complexity index is 536. The van der Waals surface area contributed by atoms with Crippen LogP contribution < -0.4 is 16.6 Å². The predicted molar refractivity (Wildman–Crippen MR) is 78.3 cm³/mol. The summed E-state index contributed by atoms with van der Waals surface area (Å²) in [5, 5.41) is 3.30. The van der Waals surface area contributed by atoms with E-state index in [0.29, 0.717) is 5.82 Å². The standard InChI is InChI=1S/C14H19N5/c1-3-10-5-7-11(8-6-10)18-13-12(4-2)14(19-15)17-9-16-13/h5-9H,3-4,15H2,1-2H3,(H2,16,17,18,19). The molecule has 100 valence electrons. The van der Waals surface area contributed by atoms with E-state index in [1.165, 1.54) is 11.9 Å². The molecule has 0 saturated heterocycles. The molecule has 0 aliphatic rings. The number of benzene rings is 1. The van der Waals surface area contributed by atoms with Gasteiger partial charge < -0.3 is 10.7 Å². The van der Waals surface area contributed by atoms with Gasteiger partial charge in [-0.3, -0.25) is 0 Å². The minimum Gasteiger partial charge on any atom is -0.340 e. The third-order valence-corrected chi connectivity index (χ3v) is 3.06. The number of rotatable bonds is 5. The quantitative estimate of drug-likeness (QED) is 0.567. The maximum absolute atomic E-state index is 5.46. The fourth-order valence-electron chi connectivity index (χ4n) is 1.94. The molecule has 2 rings (SSSR count). The first-order valence-corrected chi connectivity index (χ1v) is 6.44. The van der Waals surface area contributed by atoms with E-state index in [-0.39, 0.29) is 0 Å². The molecule has 5 heteroatoms. The Morgan fingerprint density at radius 2 is 1.68 bits per heavy atom. The van der Waals surface area contributed by atoms with Gasteiger partial charge in [0.25, 0.3) is 0 Å². The second kappa shape index (κ2) is 6.15. The molecule has 0 radical (unpaired) electrons. The molecule has 1 aromatic carbocycles. The van der Waals surface area contributed by atoms with Gasteiger partial charge in [-0.2, -0.15) is 0 Å². The number of nitrogens with zero attached hydrogens (tertiary/aromatic N) is 2. The number of anilines is 3. The van der Waals surface area contributed by atoms with Gasteiger partial charge in [0, 0.05) is 11.3 Å². The third-order valence-electron chi connectivity index (χ3n) is 3.06. The largest absolute Gasteiger partial charge is 0.340 e. The van der Waals surface area contributed by atoms with Crippen molar-refractivity contribution in [3.8, 4) is 0 Å². The fourth-order valence-corrected chi connectivity index (χ4v) is 1.94. The van der Waals surface area contributed by atoms with E-state index in [2.05, 4.69) is 51.9 Å². The molecule has 0 spiro atoms. The van der Waals surface area contributed by atoms with Crippen LogP contribution in [0.25, 0.3) is 0 Å². The van der Waals surface area contributed by atoms with Crippen LogP contribution in [0.4, 0.5) is 17.3 Å². The molecule has 0 aliphatic carbocycles. The van der Waals surface area contributed by atoms with E-state index >= 15 is 0 Å². The average Bonchev–Trinajstić information content (AvgIpc) is 2.47. The molecule has 0 saturated carbocycles. The van der Waals surface area contributed by atoms with Crippen LogP contribution in [0.1, 0.15) is 25.0 Å². The van der Waals surface area contributed by atoms with Gasteiger partial charge >= 0.3 is 0 Å². The summed E-state index contributed by atoms with van der Waals surface area (Å²) in [6.45, 7) is 4.19. The van der Waals surface area contributed by atoms with Gasteiger partial charge in [-0.05, 0) is 30.5 Å². The topological polar surface area (TPSA) is 75.9 Å². The Morgan fingerprint density at radius 3 is 2.26 bits per heavy atom. The molecular formula is C14H19N5. The van der Waals surface area contributed by atoms with Crippen LogP contribution >= 0.6 is 0 Å². The highest BCUT2D eigenvalue weighted by molar-refractivity contribution is 5.64. The van der Waals surface area contributed by atoms with Crippen molar-refractivity contribution in [2.24, 2.45) is 5.84 Å². The zero-order chi connectivity index (χ0) is 13.7. The van der Waals surface area contributed by atoms with E-state index in [0.717, 1.165) is 29.9 Å². The zero-order valence-electron chi connectivity index (χ0n) is 11.3. The molecule has 4 N–H and O–H groups in total. The maximum Gasteiger partial charge on any atom is 0.148 e. The lowest BCUT2D eigenvalue weighted by atomic mass is 10.1. The van der Waals surface area contributed by atoms with Gasteiger partial charge in [0.2, 0.25) is 0 Å². The summed E-state index contributed by atoms with van der Waals surface area (Å²) < 4.78 is 0. The number of nitrogen functional groups attached to an aromatic ring is 1. The highest BCUT2D eigenvalue weighted by Gasteiger charge is 2.08. The first-order valence-electron chi connectivity index (χ1n) is 6.44. The molecule has 0 amide bonds. The molecule has 1 heterocycles. The number of aromatic nitrogens is 2. The number of aryl methyl sites for hydroxylation is 1. The fraction of sp³-hybridized carbons (Fsp3) is 0.286. The molecule has 0 fully saturated rings. The van der Waals surface area contributed by atoms with Crippen molar-refractivity contribution in [2.75, 3.05) is 10.7 Å². The highest BCUT2D eigenvalue weighted by atomic mass is 15.3. The number of nitrogens with two attached hydrogens (primary N) is 1. The first kappa shape index (κ1) is 13.3. The Balaban J connectivity index is 2.26. The summed E-state index contributed by atoms with van der Waals surface area (Å²) in [6.07, 6.45) is 3.34. The van der Waals surface area contributed by atoms with Crippen LogP contribution in [0.2, 0.25) is 0 Å². The lowest BCUT2D eigenvalue weighted by Crippen LogP contribution is -2.13. The summed E-state index contributed by atoms with van der Waals surface area (Å²) >= 11 is 0. The van der Waals surface area contributed by atoms with Crippen LogP contribution in [0.3, 0.4) is 0 Å². The maximum atomic E-state index is 5.46. The summed E-state index contributed by atoms with van der Waals surface area (Å²) in [5.41, 5.74) is 5.90. The van der Waals surface area contributed by atoms with Crippen LogP contribution in [-0.4, -0.2) is 9.97 Å². The van der Waals surface area contributed by atoms with E-state index in [1.807, 2.05) is 6.92 Å². The van der Waals surface area contributed by atoms with Gasteiger partial charge in [0.15, 0.2) is 0 Å². The average molecular weight is 257 g/mol. The summed E-state index contributed by atoms with van der Waals surface area (Å²) in [6, 6.07) is 8.32. The minimum absolute atomic E-state index is 0.658. The van der Waals surface area contributed by atoms with Crippen molar-refractivity contribution in [3.05, 3.63) is 41.7 Å². The molecule has 0 unspecified atom stereocenters. The van der Waals surface area contributed by atoms with Gasteiger partial charge in [-0.15, -0.1) is 0 Å². The smallest absolute Gasteiger partial charge is 0.148 e. The summed E-state index contributed by atoms with van der Waals surface area (Å²) in [5.74, 6) is 6.90. The van der Waals surface area contributed by atoms with E-state index in [1.54, 1.807) is 0 Å². The van der Waals surface area contributed by atoms with E-state index in [4.69, 9.17) is 5.84 Å². The normalized spacial score (nSPS) is 10.3. The number of hydrogen-bond donors (Lipinski definition) is 3. The summed E-state index contributed by atoms with van der Waals surface area (Å²) in [4.78, 5) is 8.39. The Labute approximate surface area is 113 Å². The van der Waals surface area contributed by atoms with Crippen molar-refractivity contribution >= 4 is 17.3 Å². The number of nitrogens with one attached hydrogen (secondary N) is 2. The van der Waals surface area contributed by atoms with E-state index < -0.39 is 0 Å². The van der Waals surface area contributed by atoms with Crippen molar-refractivity contribution in [1.29, 1.82) is 0 Å². The predicted octanol–water partition coefficient (Wildman–Crippen LogP) is 2.63. The Kier molecular flexibility index (Phi) is 4.30. The lowest BCUT2D eigenvalue weighted by Gasteiger charge is -2.12. The first-order chi connectivity index (χ1) is 9.28. The van der Waals surface area contributed by atoms with Gasteiger partial charge in [0.05, 0.1) is 0 Å². The van der Waals surface area contributed by atoms with E-state index in [9.17, 15) is 0 Å². The SMILES string of the molecule is CCc1ccc(Nc2ncnc(NN)c2CC)cc1. The second-order valence-corrected chi connectivity index (χ2v) is 4.22. The van der Waals surface area contributed by atoms with Crippen LogP contribution in [0, 0.1) is 0 Å². The van der Waals surface area contributed by atoms with Gasteiger partial charge in [-0.25, -0.2) is 15.8 Å². The van der Waals surface area contributed by atoms with Crippen LogP contribution in [0.5, 0.6) is 0 Å². The van der Waals surface area contributed by atoms with Crippen molar-refractivity contribution in [1.82, 2.24) is 9.97 Å². The molecule has 1 aromatic heterocycles. The molecule has 19 heavy (non-hydrogen) atoms. The molecule has 0 aliphatic heterocycles. The van der Waals surface area contributed by atoms with Crippen LogP contribution in [-0.2, 0) is 12.8 Å². The number of hydrazine groups is 1. The second-order valence-electron chi connectivity index (χ2n) is 4.22. The highest BCUT2D eigenvalue weighted by Crippen LogP contribution is 2.23. The van der Waals surface area contributed by atoms with Gasteiger partial charge in [-0.1, -0.05) is 26.0 Å². The molecule has 5 nitrogen and oxygen atoms in total. The summed E-state index contributed by atoms with van der Waals surface area (Å²) in [7, 11) is 0. The third kappa shape index (κ3) is 3.00. The zero-order valence-corrected chi connectivity index (χ0v) is 11.3. The van der Waals surface area contributed by atoms with Gasteiger partial charge in [0.1, 0.15) is 18.0 Å². The Hall–Kier alpha value is -2.14. The van der Waals surface area contributed by atoms with Crippen molar-refractivity contribution < 1.29 is 0 Å². The molecule has 2 aromatic rings. The molecule has 0 bridgehead atoms. The van der Waals surface area contributed by atoms with Crippen molar-refractivity contribution in [2.45, 2.75) is 26.7 Å². The lowest BCUT2D eigenvalue weighted by molar-refractivity contribution is 1.04. The van der Waals surface area contributed by atoms with Crippen molar-refractivity contribution in [3.63, 3.8) is 0 Å². The monoisotopic (exact) mass is 257 g/mol.